The van der Waals surface area contributed by atoms with Crippen LogP contribution in [-0.2, 0) is 14.3 Å². The lowest BCUT2D eigenvalue weighted by molar-refractivity contribution is -0.158. The number of fused-ring (bicyclic) bond motifs is 1. The lowest BCUT2D eigenvalue weighted by atomic mass is 10.1. The Kier molecular flexibility index (Phi) is 6.27. The van der Waals surface area contributed by atoms with Crippen molar-refractivity contribution in [3.8, 4) is 0 Å². The van der Waals surface area contributed by atoms with Crippen LogP contribution in [0.1, 0.15) is 50.4 Å². The Morgan fingerprint density at radius 1 is 0.824 bits per heavy atom. The smallest absolute Gasteiger partial charge is 0.330 e. The molecule has 1 aliphatic heterocycles. The van der Waals surface area contributed by atoms with E-state index in [0.29, 0.717) is 11.3 Å². The van der Waals surface area contributed by atoms with E-state index in [0.717, 1.165) is 16.0 Å². The summed E-state index contributed by atoms with van der Waals surface area (Å²) in [4.78, 5) is 52.7. The van der Waals surface area contributed by atoms with Crippen molar-refractivity contribution < 1.29 is 23.9 Å². The van der Waals surface area contributed by atoms with Gasteiger partial charge in [-0.1, -0.05) is 48.5 Å². The number of benzene rings is 3. The Labute approximate surface area is 197 Å². The number of ether oxygens (including phenoxy) is 1. The van der Waals surface area contributed by atoms with Gasteiger partial charge in [0.1, 0.15) is 6.04 Å². The van der Waals surface area contributed by atoms with Gasteiger partial charge in [-0.25, -0.2) is 4.79 Å². The third-order valence-electron chi connectivity index (χ3n) is 5.62. The van der Waals surface area contributed by atoms with E-state index in [9.17, 15) is 19.2 Å². The number of nitrogens with one attached hydrogen (secondary N) is 1. The van der Waals surface area contributed by atoms with Crippen LogP contribution in [0.15, 0.2) is 72.8 Å². The average Bonchev–Trinajstić information content (AvgIpc) is 3.06. The molecule has 34 heavy (non-hydrogen) atoms. The summed E-state index contributed by atoms with van der Waals surface area (Å²) in [5.41, 5.74) is 3.46. The predicted molar refractivity (Wildman–Crippen MR) is 126 cm³/mol. The van der Waals surface area contributed by atoms with E-state index in [2.05, 4.69) is 5.32 Å². The molecule has 1 heterocycles. The van der Waals surface area contributed by atoms with Crippen LogP contribution in [0.5, 0.6) is 0 Å². The van der Waals surface area contributed by atoms with Gasteiger partial charge in [-0.15, -0.1) is 0 Å². The third-order valence-corrected chi connectivity index (χ3v) is 5.62. The van der Waals surface area contributed by atoms with E-state index in [1.807, 2.05) is 32.0 Å². The minimum atomic E-state index is -1.27. The lowest BCUT2D eigenvalue weighted by Crippen LogP contribution is -2.44. The molecule has 0 bridgehead atoms. The van der Waals surface area contributed by atoms with E-state index in [1.165, 1.54) is 19.1 Å². The number of aryl methyl sites for hydroxylation is 2. The van der Waals surface area contributed by atoms with Crippen LogP contribution in [0.2, 0.25) is 0 Å². The molecule has 0 aromatic heterocycles. The summed E-state index contributed by atoms with van der Waals surface area (Å²) in [5.74, 6) is -2.54. The first-order chi connectivity index (χ1) is 16.3. The minimum Gasteiger partial charge on any atom is -0.446 e. The molecule has 3 amide bonds. The van der Waals surface area contributed by atoms with Crippen LogP contribution in [-0.4, -0.2) is 34.6 Å². The molecule has 0 radical (unpaired) electrons. The highest BCUT2D eigenvalue weighted by atomic mass is 16.5. The number of esters is 1. The standard InChI is InChI=1S/C27H24N2O5/c1-16-13-17(2)15-20(14-16)28-24(30)23(19-9-5-4-6-10-19)34-27(33)18(3)29-25(31)21-11-7-8-12-22(21)26(29)32/h4-15,18,23H,1-3H3,(H,28,30)/t18-,23+/m1/s1. The van der Waals surface area contributed by atoms with Gasteiger partial charge in [0.15, 0.2) is 0 Å². The van der Waals surface area contributed by atoms with Crippen LogP contribution in [0, 0.1) is 13.8 Å². The van der Waals surface area contributed by atoms with Gasteiger partial charge < -0.3 is 10.1 Å². The van der Waals surface area contributed by atoms with Gasteiger partial charge in [-0.2, -0.15) is 0 Å². The molecule has 0 fully saturated rings. The summed E-state index contributed by atoms with van der Waals surface area (Å²) in [6.07, 6.45) is -1.27. The molecular weight excluding hydrogens is 432 g/mol. The van der Waals surface area contributed by atoms with Crippen LogP contribution >= 0.6 is 0 Å². The number of hydrogen-bond donors (Lipinski definition) is 1. The SMILES string of the molecule is Cc1cc(C)cc(NC(=O)[C@@H](OC(=O)[C@@H](C)N2C(=O)c3ccccc3C2=O)c2ccccc2)c1. The van der Waals surface area contributed by atoms with Gasteiger partial charge in [-0.3, -0.25) is 19.3 Å². The quantitative estimate of drug-likeness (QED) is 0.443. The maximum absolute atomic E-state index is 13.2. The Morgan fingerprint density at radius 2 is 1.35 bits per heavy atom. The maximum atomic E-state index is 13.2. The fraction of sp³-hybridized carbons (Fsp3) is 0.185. The second kappa shape index (κ2) is 9.31. The van der Waals surface area contributed by atoms with Crippen molar-refractivity contribution in [3.05, 3.63) is 101 Å². The number of rotatable bonds is 6. The zero-order valence-corrected chi connectivity index (χ0v) is 19.1. The van der Waals surface area contributed by atoms with Crippen molar-refractivity contribution >= 4 is 29.4 Å². The summed E-state index contributed by atoms with van der Waals surface area (Å²) in [5, 5.41) is 2.80. The van der Waals surface area contributed by atoms with Crippen molar-refractivity contribution in [3.63, 3.8) is 0 Å². The van der Waals surface area contributed by atoms with E-state index >= 15 is 0 Å². The molecule has 0 saturated carbocycles. The number of imide groups is 1. The molecule has 7 nitrogen and oxygen atoms in total. The van der Waals surface area contributed by atoms with E-state index in [4.69, 9.17) is 4.74 Å². The summed E-state index contributed by atoms with van der Waals surface area (Å²) >= 11 is 0. The van der Waals surface area contributed by atoms with E-state index in [-0.39, 0.29) is 11.1 Å². The van der Waals surface area contributed by atoms with E-state index in [1.54, 1.807) is 42.5 Å². The first-order valence-corrected chi connectivity index (χ1v) is 10.9. The first-order valence-electron chi connectivity index (χ1n) is 10.9. The molecule has 1 N–H and O–H groups in total. The summed E-state index contributed by atoms with van der Waals surface area (Å²) < 4.78 is 5.60. The van der Waals surface area contributed by atoms with Gasteiger partial charge >= 0.3 is 5.97 Å². The molecule has 7 heteroatoms. The summed E-state index contributed by atoms with van der Waals surface area (Å²) in [6, 6.07) is 19.4. The Hall–Kier alpha value is -4.26. The number of anilines is 1. The molecule has 172 valence electrons. The van der Waals surface area contributed by atoms with Crippen molar-refractivity contribution in [2.45, 2.75) is 32.9 Å². The van der Waals surface area contributed by atoms with Crippen molar-refractivity contribution in [2.24, 2.45) is 0 Å². The molecule has 2 atom stereocenters. The molecule has 0 aliphatic carbocycles. The number of nitrogens with zero attached hydrogens (tertiary/aromatic N) is 1. The Morgan fingerprint density at radius 3 is 1.91 bits per heavy atom. The minimum absolute atomic E-state index is 0.235. The highest BCUT2D eigenvalue weighted by Crippen LogP contribution is 2.27. The topological polar surface area (TPSA) is 92.8 Å². The van der Waals surface area contributed by atoms with Crippen LogP contribution in [0.3, 0.4) is 0 Å². The highest BCUT2D eigenvalue weighted by Gasteiger charge is 2.42. The number of carbonyl (C=O) groups is 4. The lowest BCUT2D eigenvalue weighted by Gasteiger charge is -2.24. The van der Waals surface area contributed by atoms with E-state index < -0.39 is 35.8 Å². The number of amides is 3. The Bertz CT molecular complexity index is 1230. The highest BCUT2D eigenvalue weighted by molar-refractivity contribution is 6.22. The largest absolute Gasteiger partial charge is 0.446 e. The molecule has 3 aromatic carbocycles. The molecule has 0 spiro atoms. The maximum Gasteiger partial charge on any atom is 0.330 e. The van der Waals surface area contributed by atoms with Gasteiger partial charge in [0.05, 0.1) is 11.1 Å². The monoisotopic (exact) mass is 456 g/mol. The second-order valence-corrected chi connectivity index (χ2v) is 8.30. The first kappa shape index (κ1) is 22.9. The molecule has 3 aromatic rings. The van der Waals surface area contributed by atoms with Crippen LogP contribution < -0.4 is 5.32 Å². The fourth-order valence-electron chi connectivity index (χ4n) is 4.04. The average molecular weight is 456 g/mol. The van der Waals surface area contributed by atoms with Gasteiger partial charge in [-0.05, 0) is 56.2 Å². The molecule has 0 saturated heterocycles. The zero-order chi connectivity index (χ0) is 24.4. The fourth-order valence-corrected chi connectivity index (χ4v) is 4.04. The number of carbonyl (C=O) groups excluding carboxylic acids is 4. The summed E-state index contributed by atoms with van der Waals surface area (Å²) in [7, 11) is 0. The second-order valence-electron chi connectivity index (χ2n) is 8.30. The molecular formula is C27H24N2O5. The zero-order valence-electron chi connectivity index (χ0n) is 19.1. The molecule has 0 unspecified atom stereocenters. The van der Waals surface area contributed by atoms with Crippen LogP contribution in [0.25, 0.3) is 0 Å². The normalized spacial score (nSPS) is 14.4. The third kappa shape index (κ3) is 4.45. The number of hydrogen-bond acceptors (Lipinski definition) is 5. The van der Waals surface area contributed by atoms with Crippen molar-refractivity contribution in [1.82, 2.24) is 4.90 Å². The van der Waals surface area contributed by atoms with Gasteiger partial charge in [0.25, 0.3) is 17.7 Å². The Balaban J connectivity index is 1.57. The summed E-state index contributed by atoms with van der Waals surface area (Å²) in [6.45, 7) is 5.25. The molecule has 1 aliphatic rings. The van der Waals surface area contributed by atoms with Gasteiger partial charge in [0.2, 0.25) is 6.10 Å². The predicted octanol–water partition coefficient (Wildman–Crippen LogP) is 4.21. The van der Waals surface area contributed by atoms with Crippen LogP contribution in [0.4, 0.5) is 5.69 Å². The van der Waals surface area contributed by atoms with Crippen molar-refractivity contribution in [2.75, 3.05) is 5.32 Å². The van der Waals surface area contributed by atoms with Gasteiger partial charge in [0, 0.05) is 11.3 Å². The van der Waals surface area contributed by atoms with Crippen molar-refractivity contribution in [1.29, 1.82) is 0 Å². The molecule has 4 rings (SSSR count).